The van der Waals surface area contributed by atoms with Crippen molar-refractivity contribution >= 4 is 50.5 Å². The van der Waals surface area contributed by atoms with Crippen LogP contribution in [0.5, 0.6) is 0 Å². The quantitative estimate of drug-likeness (QED) is 0.531. The Balaban J connectivity index is 1.76. The Bertz CT molecular complexity index is 737. The highest BCUT2D eigenvalue weighted by atomic mass is 79.9. The maximum atomic E-state index is 12.1. The van der Waals surface area contributed by atoms with Crippen molar-refractivity contribution in [3.8, 4) is 0 Å². The third-order valence-corrected chi connectivity index (χ3v) is 5.31. The van der Waals surface area contributed by atoms with Crippen LogP contribution in [0.4, 0.5) is 0 Å². The van der Waals surface area contributed by atoms with E-state index in [0.29, 0.717) is 5.75 Å². The van der Waals surface area contributed by atoms with Gasteiger partial charge in [0, 0.05) is 10.7 Å². The average Bonchev–Trinajstić information content (AvgIpc) is 3.02. The molecule has 0 radical (unpaired) electrons. The van der Waals surface area contributed by atoms with Crippen LogP contribution in [-0.4, -0.2) is 26.1 Å². The Labute approximate surface area is 126 Å². The van der Waals surface area contributed by atoms with Gasteiger partial charge in [0.2, 0.25) is 0 Å². The molecule has 0 N–H and O–H groups in total. The molecule has 0 aliphatic heterocycles. The number of carbonyl (C=O) groups is 1. The van der Waals surface area contributed by atoms with Crippen LogP contribution in [0.25, 0.3) is 5.65 Å². The number of halogens is 1. The number of thiophene rings is 1. The zero-order valence-corrected chi connectivity index (χ0v) is 12.8. The SMILES string of the molecule is O=C(CSc1nnc2ccccn12)c1sccc1Br. The van der Waals surface area contributed by atoms with Gasteiger partial charge in [-0.3, -0.25) is 9.20 Å². The fraction of sp³-hybridized carbons (Fsp3) is 0.0833. The molecule has 0 bridgehead atoms. The lowest BCUT2D eigenvalue weighted by atomic mass is 10.3. The van der Waals surface area contributed by atoms with E-state index >= 15 is 0 Å². The minimum atomic E-state index is 0.0968. The monoisotopic (exact) mass is 353 g/mol. The number of fused-ring (bicyclic) bond motifs is 1. The fourth-order valence-corrected chi connectivity index (χ4v) is 4.03. The number of nitrogens with zero attached hydrogens (tertiary/aromatic N) is 3. The molecule has 3 aromatic heterocycles. The number of rotatable bonds is 4. The standard InChI is InChI=1S/C12H8BrN3OS2/c13-8-4-6-18-11(8)9(17)7-19-12-15-14-10-3-1-2-5-16(10)12/h1-6H,7H2. The van der Waals surface area contributed by atoms with Crippen molar-refractivity contribution in [3.63, 3.8) is 0 Å². The highest BCUT2D eigenvalue weighted by Crippen LogP contribution is 2.25. The van der Waals surface area contributed by atoms with Crippen molar-refractivity contribution in [1.82, 2.24) is 14.6 Å². The van der Waals surface area contributed by atoms with Gasteiger partial charge in [0.05, 0.1) is 10.6 Å². The lowest BCUT2D eigenvalue weighted by Crippen LogP contribution is -2.01. The molecule has 0 aliphatic carbocycles. The van der Waals surface area contributed by atoms with Crippen LogP contribution in [0.3, 0.4) is 0 Å². The van der Waals surface area contributed by atoms with Crippen molar-refractivity contribution in [3.05, 3.63) is 45.2 Å². The van der Waals surface area contributed by atoms with Crippen molar-refractivity contribution in [2.45, 2.75) is 5.16 Å². The molecule has 7 heteroatoms. The number of ketones is 1. The third kappa shape index (κ3) is 2.58. The molecule has 19 heavy (non-hydrogen) atoms. The lowest BCUT2D eigenvalue weighted by Gasteiger charge is -1.99. The van der Waals surface area contributed by atoms with E-state index in [0.717, 1.165) is 20.2 Å². The fourth-order valence-electron chi connectivity index (χ4n) is 1.61. The van der Waals surface area contributed by atoms with Gasteiger partial charge in [-0.25, -0.2) is 0 Å². The number of Topliss-reactive ketones (excluding diaryl/α,β-unsaturated/α-hetero) is 1. The average molecular weight is 354 g/mol. The first-order chi connectivity index (χ1) is 9.25. The summed E-state index contributed by atoms with van der Waals surface area (Å²) in [4.78, 5) is 12.8. The van der Waals surface area contributed by atoms with Crippen molar-refractivity contribution in [2.75, 3.05) is 5.75 Å². The van der Waals surface area contributed by atoms with Gasteiger partial charge >= 0.3 is 0 Å². The van der Waals surface area contributed by atoms with Crippen LogP contribution in [0.15, 0.2) is 45.5 Å². The molecule has 0 spiro atoms. The predicted molar refractivity (Wildman–Crippen MR) is 80.1 cm³/mol. The van der Waals surface area contributed by atoms with E-state index in [9.17, 15) is 4.79 Å². The summed E-state index contributed by atoms with van der Waals surface area (Å²) in [6, 6.07) is 7.59. The molecule has 0 atom stereocenters. The number of aromatic nitrogens is 3. The Morgan fingerprint density at radius 1 is 1.37 bits per heavy atom. The molecule has 3 aromatic rings. The minimum Gasteiger partial charge on any atom is -0.292 e. The van der Waals surface area contributed by atoms with Crippen LogP contribution < -0.4 is 0 Å². The number of carbonyl (C=O) groups excluding carboxylic acids is 1. The minimum absolute atomic E-state index is 0.0968. The van der Waals surface area contributed by atoms with E-state index in [4.69, 9.17) is 0 Å². The smallest absolute Gasteiger partial charge is 0.196 e. The Kier molecular flexibility index (Phi) is 3.67. The Morgan fingerprint density at radius 3 is 3.05 bits per heavy atom. The molecule has 4 nitrogen and oxygen atoms in total. The second-order valence-corrected chi connectivity index (χ2v) is 6.43. The molecular formula is C12H8BrN3OS2. The summed E-state index contributed by atoms with van der Waals surface area (Å²) >= 11 is 6.22. The molecule has 0 saturated carbocycles. The van der Waals surface area contributed by atoms with Gasteiger partial charge in [0.25, 0.3) is 0 Å². The maximum absolute atomic E-state index is 12.1. The zero-order chi connectivity index (χ0) is 13.2. The van der Waals surface area contributed by atoms with Crippen LogP contribution in [0.2, 0.25) is 0 Å². The summed E-state index contributed by atoms with van der Waals surface area (Å²) in [6.45, 7) is 0. The zero-order valence-electron chi connectivity index (χ0n) is 9.62. The van der Waals surface area contributed by atoms with Crippen molar-refractivity contribution in [1.29, 1.82) is 0 Å². The van der Waals surface area contributed by atoms with Crippen LogP contribution >= 0.6 is 39.0 Å². The molecule has 0 saturated heterocycles. The molecule has 0 aliphatic rings. The number of pyridine rings is 1. The summed E-state index contributed by atoms with van der Waals surface area (Å²) in [7, 11) is 0. The highest BCUT2D eigenvalue weighted by molar-refractivity contribution is 9.10. The first-order valence-corrected chi connectivity index (χ1v) is 8.10. The van der Waals surface area contributed by atoms with Gasteiger partial charge in [-0.15, -0.1) is 21.5 Å². The Morgan fingerprint density at radius 2 is 2.26 bits per heavy atom. The number of thioether (sulfide) groups is 1. The van der Waals surface area contributed by atoms with Gasteiger partial charge in [0.15, 0.2) is 16.6 Å². The largest absolute Gasteiger partial charge is 0.292 e. The topological polar surface area (TPSA) is 47.3 Å². The van der Waals surface area contributed by atoms with Crippen molar-refractivity contribution in [2.24, 2.45) is 0 Å². The summed E-state index contributed by atoms with van der Waals surface area (Å²) in [5.41, 5.74) is 0.787. The van der Waals surface area contributed by atoms with Gasteiger partial charge in [-0.1, -0.05) is 17.8 Å². The molecule has 96 valence electrons. The van der Waals surface area contributed by atoms with Crippen LogP contribution in [0, 0.1) is 0 Å². The number of hydrogen-bond acceptors (Lipinski definition) is 5. The maximum Gasteiger partial charge on any atom is 0.196 e. The van der Waals surface area contributed by atoms with E-state index in [1.807, 2.05) is 40.2 Å². The van der Waals surface area contributed by atoms with Gasteiger partial charge < -0.3 is 0 Å². The third-order valence-electron chi connectivity index (χ3n) is 2.49. The lowest BCUT2D eigenvalue weighted by molar-refractivity contribution is 0.102. The first-order valence-electron chi connectivity index (χ1n) is 5.44. The van der Waals surface area contributed by atoms with Gasteiger partial charge in [0.1, 0.15) is 0 Å². The van der Waals surface area contributed by atoms with Crippen molar-refractivity contribution < 1.29 is 4.79 Å². The molecule has 0 amide bonds. The van der Waals surface area contributed by atoms with E-state index in [1.165, 1.54) is 23.1 Å². The second-order valence-electron chi connectivity index (χ2n) is 3.72. The summed E-state index contributed by atoms with van der Waals surface area (Å²) in [5, 5.41) is 10.8. The second kappa shape index (κ2) is 5.44. The van der Waals surface area contributed by atoms with Gasteiger partial charge in [-0.05, 0) is 39.5 Å². The molecule has 0 unspecified atom stereocenters. The Hall–Kier alpha value is -1.18. The van der Waals surface area contributed by atoms with Gasteiger partial charge in [-0.2, -0.15) is 0 Å². The predicted octanol–water partition coefficient (Wildman–Crippen LogP) is 3.53. The summed E-state index contributed by atoms with van der Waals surface area (Å²) < 4.78 is 2.73. The summed E-state index contributed by atoms with van der Waals surface area (Å²) in [5.74, 6) is 0.453. The van der Waals surface area contributed by atoms with E-state index in [2.05, 4.69) is 26.1 Å². The molecule has 3 heterocycles. The highest BCUT2D eigenvalue weighted by Gasteiger charge is 2.14. The van der Waals surface area contributed by atoms with E-state index < -0.39 is 0 Å². The normalized spacial score (nSPS) is 11.0. The van der Waals surface area contributed by atoms with E-state index in [-0.39, 0.29) is 5.78 Å². The first kappa shape index (κ1) is 12.8. The molecular weight excluding hydrogens is 346 g/mol. The molecule has 0 fully saturated rings. The summed E-state index contributed by atoms with van der Waals surface area (Å²) in [6.07, 6.45) is 1.89. The molecule has 3 rings (SSSR count). The molecule has 0 aromatic carbocycles. The number of hydrogen-bond donors (Lipinski definition) is 0. The van der Waals surface area contributed by atoms with Crippen LogP contribution in [0.1, 0.15) is 9.67 Å². The van der Waals surface area contributed by atoms with E-state index in [1.54, 1.807) is 0 Å². The van der Waals surface area contributed by atoms with Crippen LogP contribution in [-0.2, 0) is 0 Å².